The highest BCUT2D eigenvalue weighted by Gasteiger charge is 2.46. The number of hydrogen-bond donors (Lipinski definition) is 0. The smallest absolute Gasteiger partial charge is 0.264 e. The maximum Gasteiger partial charge on any atom is 0.264 e. The fourth-order valence-corrected chi connectivity index (χ4v) is 4.63. The van der Waals surface area contributed by atoms with Gasteiger partial charge in [-0.1, -0.05) is 18.2 Å². The number of benzene rings is 2. The van der Waals surface area contributed by atoms with Crippen molar-refractivity contribution in [1.29, 1.82) is 0 Å². The van der Waals surface area contributed by atoms with Crippen LogP contribution in [0, 0.1) is 5.82 Å². The number of fused-ring (bicyclic) bond motifs is 4. The molecule has 2 aliphatic rings. The molecule has 8 heteroatoms. The zero-order chi connectivity index (χ0) is 21.8. The fourth-order valence-electron chi connectivity index (χ4n) is 4.63. The van der Waals surface area contributed by atoms with Gasteiger partial charge in [0.05, 0.1) is 11.9 Å². The Bertz CT molecular complexity index is 1170. The molecule has 160 valence electrons. The van der Waals surface area contributed by atoms with Crippen molar-refractivity contribution >= 4 is 5.91 Å². The molecule has 0 saturated carbocycles. The molecule has 2 aliphatic heterocycles. The molecular weight excluding hydrogens is 407 g/mol. The Hall–Kier alpha value is -3.29. The van der Waals surface area contributed by atoms with E-state index in [0.29, 0.717) is 37.2 Å². The van der Waals surface area contributed by atoms with Crippen molar-refractivity contribution in [2.75, 3.05) is 13.1 Å². The van der Waals surface area contributed by atoms with Crippen LogP contribution in [0.25, 0.3) is 11.3 Å². The number of aryl methyl sites for hydroxylation is 1. The van der Waals surface area contributed by atoms with Crippen molar-refractivity contribution in [1.82, 2.24) is 14.7 Å². The maximum atomic E-state index is 13.9. The molecule has 1 fully saturated rings. The normalized spacial score (nSPS) is 16.7. The average molecular weight is 427 g/mol. The summed E-state index contributed by atoms with van der Waals surface area (Å²) in [5, 5.41) is 4.36. The molecule has 1 spiro atoms. The number of carbonyl (C=O) groups is 1. The number of likely N-dealkylation sites (tertiary alicyclic amines) is 1. The quantitative estimate of drug-likeness (QED) is 0.596. The lowest BCUT2D eigenvalue weighted by Crippen LogP contribution is -2.49. The van der Waals surface area contributed by atoms with Crippen molar-refractivity contribution in [3.8, 4) is 17.0 Å². The molecule has 1 aromatic heterocycles. The van der Waals surface area contributed by atoms with Crippen LogP contribution in [0.5, 0.6) is 5.75 Å². The highest BCUT2D eigenvalue weighted by Crippen LogP contribution is 2.49. The van der Waals surface area contributed by atoms with Crippen molar-refractivity contribution < 1.29 is 22.7 Å². The first-order valence-electron chi connectivity index (χ1n) is 10.1. The molecule has 0 unspecified atom stereocenters. The van der Waals surface area contributed by atoms with Crippen molar-refractivity contribution in [2.24, 2.45) is 7.05 Å². The van der Waals surface area contributed by atoms with Gasteiger partial charge in [0.15, 0.2) is 0 Å². The second-order valence-corrected chi connectivity index (χ2v) is 7.95. The van der Waals surface area contributed by atoms with Crippen LogP contribution in [-0.2, 0) is 12.6 Å². The van der Waals surface area contributed by atoms with Crippen LogP contribution in [-0.4, -0.2) is 33.7 Å². The number of amides is 1. The summed E-state index contributed by atoms with van der Waals surface area (Å²) in [6.45, 7) is 0.697. The van der Waals surface area contributed by atoms with Crippen LogP contribution in [0.3, 0.4) is 0 Å². The molecule has 31 heavy (non-hydrogen) atoms. The fraction of sp³-hybridized carbons (Fsp3) is 0.304. The van der Waals surface area contributed by atoms with Crippen molar-refractivity contribution in [3.05, 3.63) is 71.2 Å². The van der Waals surface area contributed by atoms with E-state index in [1.54, 1.807) is 35.0 Å². The van der Waals surface area contributed by atoms with Crippen molar-refractivity contribution in [3.63, 3.8) is 0 Å². The van der Waals surface area contributed by atoms with Crippen molar-refractivity contribution in [2.45, 2.75) is 24.9 Å². The third kappa shape index (κ3) is 3.08. The minimum atomic E-state index is -2.71. The first-order valence-corrected chi connectivity index (χ1v) is 10.1. The number of ether oxygens (including phenoxy) is 1. The zero-order valence-corrected chi connectivity index (χ0v) is 16.8. The van der Waals surface area contributed by atoms with E-state index in [1.165, 1.54) is 30.3 Å². The maximum absolute atomic E-state index is 13.9. The lowest BCUT2D eigenvalue weighted by atomic mass is 9.81. The van der Waals surface area contributed by atoms with Crippen LogP contribution in [0.2, 0.25) is 0 Å². The lowest BCUT2D eigenvalue weighted by molar-refractivity contribution is -0.00197. The number of rotatable bonds is 2. The Morgan fingerprint density at radius 3 is 2.65 bits per heavy atom. The molecule has 0 N–H and O–H groups in total. The van der Waals surface area contributed by atoms with E-state index in [2.05, 4.69) is 5.10 Å². The van der Waals surface area contributed by atoms with Gasteiger partial charge in [0.25, 0.3) is 12.3 Å². The Morgan fingerprint density at radius 1 is 1.16 bits per heavy atom. The highest BCUT2D eigenvalue weighted by molar-refractivity contribution is 5.96. The molecule has 0 radical (unpaired) electrons. The number of piperidine rings is 1. The first-order chi connectivity index (χ1) is 14.9. The molecule has 3 heterocycles. The topological polar surface area (TPSA) is 47.4 Å². The summed E-state index contributed by atoms with van der Waals surface area (Å²) < 4.78 is 48.6. The molecular formula is C23H20F3N3O2. The van der Waals surface area contributed by atoms with Gasteiger partial charge < -0.3 is 9.64 Å². The van der Waals surface area contributed by atoms with E-state index in [0.717, 1.165) is 11.3 Å². The van der Waals surface area contributed by atoms with Crippen LogP contribution in [0.1, 0.15) is 40.8 Å². The Morgan fingerprint density at radius 2 is 1.90 bits per heavy atom. The van der Waals surface area contributed by atoms with Gasteiger partial charge in [0.1, 0.15) is 17.2 Å². The summed E-state index contributed by atoms with van der Waals surface area (Å²) in [5.74, 6) is -0.195. The third-order valence-corrected chi connectivity index (χ3v) is 6.22. The largest absolute Gasteiger partial charge is 0.482 e. The summed E-state index contributed by atoms with van der Waals surface area (Å²) in [6.07, 6.45) is -0.0315. The molecule has 0 bridgehead atoms. The average Bonchev–Trinajstić information content (AvgIpc) is 3.17. The van der Waals surface area contributed by atoms with Gasteiger partial charge in [0, 0.05) is 55.2 Å². The number of alkyl halides is 2. The third-order valence-electron chi connectivity index (χ3n) is 6.22. The van der Waals surface area contributed by atoms with Crippen LogP contribution in [0.15, 0.2) is 48.7 Å². The predicted octanol–water partition coefficient (Wildman–Crippen LogP) is 4.69. The Balaban J connectivity index is 1.44. The standard InChI is InChI=1S/C23H20F3N3O2/c1-28-20-17-12-14(24)6-7-19(17)31-23(18(20)13-27-28)8-10-29(11-9-23)22(30)16-5-3-2-4-15(16)21(25)26/h2-7,12-13,21H,8-11H2,1H3. The Kier molecular flexibility index (Phi) is 4.53. The van der Waals surface area contributed by atoms with E-state index in [4.69, 9.17) is 4.74 Å². The van der Waals surface area contributed by atoms with E-state index >= 15 is 0 Å². The highest BCUT2D eigenvalue weighted by atomic mass is 19.3. The SMILES string of the molecule is Cn1ncc2c1-c1cc(F)ccc1OC21CCN(C(=O)c2ccccc2C(F)F)CC1. The zero-order valence-electron chi connectivity index (χ0n) is 16.8. The number of carbonyl (C=O) groups excluding carboxylic acids is 1. The van der Waals surface area contributed by atoms with Gasteiger partial charge in [-0.15, -0.1) is 0 Å². The second-order valence-electron chi connectivity index (χ2n) is 7.95. The van der Waals surface area contributed by atoms with E-state index < -0.39 is 17.9 Å². The number of nitrogens with zero attached hydrogens (tertiary/aromatic N) is 3. The lowest BCUT2D eigenvalue weighted by Gasteiger charge is -2.44. The van der Waals surface area contributed by atoms with Crippen LogP contribution < -0.4 is 4.74 Å². The van der Waals surface area contributed by atoms with Gasteiger partial charge in [-0.05, 0) is 24.3 Å². The minimum absolute atomic E-state index is 0.0286. The predicted molar refractivity (Wildman–Crippen MR) is 107 cm³/mol. The minimum Gasteiger partial charge on any atom is -0.482 e. The number of aromatic nitrogens is 2. The first kappa shape index (κ1) is 19.7. The molecule has 0 atom stereocenters. The summed E-state index contributed by atoms with van der Waals surface area (Å²) in [4.78, 5) is 14.6. The molecule has 3 aromatic rings. The molecule has 1 saturated heterocycles. The van der Waals surface area contributed by atoms with Gasteiger partial charge in [-0.3, -0.25) is 9.48 Å². The van der Waals surface area contributed by atoms with Crippen LogP contribution >= 0.6 is 0 Å². The summed E-state index contributed by atoms with van der Waals surface area (Å²) in [5.41, 5.74) is 1.36. The summed E-state index contributed by atoms with van der Waals surface area (Å²) in [7, 11) is 1.80. The van der Waals surface area contributed by atoms with Crippen LogP contribution in [0.4, 0.5) is 13.2 Å². The molecule has 0 aliphatic carbocycles. The van der Waals surface area contributed by atoms with E-state index in [9.17, 15) is 18.0 Å². The second kappa shape index (κ2) is 7.14. The molecule has 5 rings (SSSR count). The summed E-state index contributed by atoms with van der Waals surface area (Å²) in [6, 6.07) is 10.2. The number of halogens is 3. The van der Waals surface area contributed by atoms with Gasteiger partial charge in [-0.25, -0.2) is 13.2 Å². The van der Waals surface area contributed by atoms with Gasteiger partial charge >= 0.3 is 0 Å². The monoisotopic (exact) mass is 427 g/mol. The molecule has 5 nitrogen and oxygen atoms in total. The molecule has 2 aromatic carbocycles. The van der Waals surface area contributed by atoms with E-state index in [-0.39, 0.29) is 16.9 Å². The number of hydrogen-bond acceptors (Lipinski definition) is 3. The van der Waals surface area contributed by atoms with Gasteiger partial charge in [-0.2, -0.15) is 5.10 Å². The summed E-state index contributed by atoms with van der Waals surface area (Å²) >= 11 is 0. The molecule has 1 amide bonds. The van der Waals surface area contributed by atoms with Gasteiger partial charge in [0.2, 0.25) is 0 Å². The Labute approximate surface area is 177 Å². The van der Waals surface area contributed by atoms with E-state index in [1.807, 2.05) is 0 Å².